The molecule has 0 spiro atoms. The van der Waals surface area contributed by atoms with Crippen molar-refractivity contribution in [1.29, 1.82) is 0 Å². The molecule has 0 N–H and O–H groups in total. The molecule has 22 heavy (non-hydrogen) atoms. The molecule has 0 saturated heterocycles. The van der Waals surface area contributed by atoms with Crippen molar-refractivity contribution in [3.63, 3.8) is 0 Å². The largest absolute Gasteiger partial charge is 0.402 e. The fourth-order valence-electron chi connectivity index (χ4n) is 1.69. The van der Waals surface area contributed by atoms with Crippen LogP contribution in [-0.4, -0.2) is 26.3 Å². The number of pyridine rings is 1. The highest BCUT2D eigenvalue weighted by Gasteiger charge is 2.07. The summed E-state index contributed by atoms with van der Waals surface area (Å²) in [6.07, 6.45) is 4.74. The van der Waals surface area contributed by atoms with E-state index in [1.165, 1.54) is 18.3 Å². The molecule has 8 heteroatoms. The summed E-state index contributed by atoms with van der Waals surface area (Å²) in [5, 5.41) is 18.3. The number of non-ortho nitro benzene ring substituents is 1. The smallest absolute Gasteiger partial charge is 0.342 e. The van der Waals surface area contributed by atoms with Crippen LogP contribution in [-0.2, 0) is 0 Å². The van der Waals surface area contributed by atoms with Crippen LogP contribution in [0.2, 0.25) is 0 Å². The summed E-state index contributed by atoms with van der Waals surface area (Å²) in [6, 6.07) is 9.57. The van der Waals surface area contributed by atoms with E-state index in [-0.39, 0.29) is 11.7 Å². The van der Waals surface area contributed by atoms with E-state index in [1.807, 2.05) is 0 Å². The lowest BCUT2D eigenvalue weighted by Crippen LogP contribution is -1.88. The lowest BCUT2D eigenvalue weighted by molar-refractivity contribution is -0.384. The highest BCUT2D eigenvalue weighted by molar-refractivity contribution is 5.81. The monoisotopic (exact) mass is 295 g/mol. The number of nitro benzene ring substituents is 1. The van der Waals surface area contributed by atoms with Gasteiger partial charge >= 0.3 is 6.01 Å². The Hall–Kier alpha value is -3.42. The molecule has 108 valence electrons. The van der Waals surface area contributed by atoms with Crippen LogP contribution in [0, 0.1) is 10.1 Å². The molecule has 0 aliphatic carbocycles. The van der Waals surface area contributed by atoms with E-state index < -0.39 is 4.92 Å². The number of hydrogen-bond acceptors (Lipinski definition) is 7. The van der Waals surface area contributed by atoms with E-state index >= 15 is 0 Å². The molecule has 3 rings (SSSR count). The first-order valence-corrected chi connectivity index (χ1v) is 6.25. The molecule has 0 unspecified atom stereocenters. The molecule has 0 fully saturated rings. The predicted octanol–water partition coefficient (Wildman–Crippen LogP) is 2.79. The van der Waals surface area contributed by atoms with Gasteiger partial charge in [0.2, 0.25) is 5.89 Å². The second-order valence-electron chi connectivity index (χ2n) is 4.23. The highest BCUT2D eigenvalue weighted by Crippen LogP contribution is 2.20. The van der Waals surface area contributed by atoms with Gasteiger partial charge in [0.25, 0.3) is 5.69 Å². The van der Waals surface area contributed by atoms with Gasteiger partial charge in [-0.3, -0.25) is 15.1 Å². The lowest BCUT2D eigenvalue weighted by Gasteiger charge is -1.92. The second-order valence-corrected chi connectivity index (χ2v) is 4.23. The maximum Gasteiger partial charge on any atom is 0.342 e. The summed E-state index contributed by atoms with van der Waals surface area (Å²) in [6.45, 7) is 0. The molecule has 3 aromatic rings. The van der Waals surface area contributed by atoms with E-state index in [0.29, 0.717) is 11.5 Å². The lowest BCUT2D eigenvalue weighted by atomic mass is 10.2. The van der Waals surface area contributed by atoms with Gasteiger partial charge in [0, 0.05) is 36.3 Å². The first-order chi connectivity index (χ1) is 10.7. The number of aliphatic imine (C=N–C) groups is 1. The number of nitrogens with zero attached hydrogens (tertiary/aromatic N) is 5. The maximum absolute atomic E-state index is 10.6. The van der Waals surface area contributed by atoms with Crippen LogP contribution in [0.3, 0.4) is 0 Å². The molecule has 0 aliphatic heterocycles. The Morgan fingerprint density at radius 2 is 1.82 bits per heavy atom. The molecule has 0 radical (unpaired) electrons. The predicted molar refractivity (Wildman–Crippen MR) is 77.9 cm³/mol. The molecular weight excluding hydrogens is 286 g/mol. The summed E-state index contributed by atoms with van der Waals surface area (Å²) in [7, 11) is 0. The Kier molecular flexibility index (Phi) is 3.65. The van der Waals surface area contributed by atoms with E-state index in [2.05, 4.69) is 20.2 Å². The number of hydrogen-bond donors (Lipinski definition) is 0. The molecule has 0 aliphatic rings. The SMILES string of the molecule is O=[N+]([O-])c1ccc(/C=N/c2nnc(-c3ccncc3)o2)cc1. The zero-order valence-electron chi connectivity index (χ0n) is 11.2. The summed E-state index contributed by atoms with van der Waals surface area (Å²) < 4.78 is 5.40. The fraction of sp³-hybridized carbons (Fsp3) is 0. The van der Waals surface area contributed by atoms with Crippen LogP contribution < -0.4 is 0 Å². The Bertz CT molecular complexity index is 812. The molecule has 2 heterocycles. The van der Waals surface area contributed by atoms with Gasteiger partial charge < -0.3 is 4.42 Å². The van der Waals surface area contributed by atoms with Gasteiger partial charge in [-0.25, -0.2) is 4.99 Å². The zero-order chi connectivity index (χ0) is 15.4. The minimum atomic E-state index is -0.458. The minimum absolute atomic E-state index is 0.0231. The maximum atomic E-state index is 10.6. The van der Waals surface area contributed by atoms with E-state index in [4.69, 9.17) is 4.42 Å². The third-order valence-corrected chi connectivity index (χ3v) is 2.77. The Morgan fingerprint density at radius 1 is 1.09 bits per heavy atom. The normalized spacial score (nSPS) is 10.9. The van der Waals surface area contributed by atoms with Crippen molar-refractivity contribution in [2.45, 2.75) is 0 Å². The standard InChI is InChI=1S/C14H9N5O3/c20-19(21)12-3-1-10(2-4-12)9-16-14-18-17-13(22-14)11-5-7-15-8-6-11/h1-9H/b16-9+. The van der Waals surface area contributed by atoms with Crippen molar-refractivity contribution >= 4 is 17.9 Å². The van der Waals surface area contributed by atoms with Crippen LogP contribution in [0.4, 0.5) is 11.7 Å². The van der Waals surface area contributed by atoms with Crippen LogP contribution >= 0.6 is 0 Å². The molecule has 0 amide bonds. The van der Waals surface area contributed by atoms with Crippen molar-refractivity contribution in [2.75, 3.05) is 0 Å². The van der Waals surface area contributed by atoms with Crippen molar-refractivity contribution in [3.05, 3.63) is 64.5 Å². The third-order valence-electron chi connectivity index (χ3n) is 2.77. The van der Waals surface area contributed by atoms with Crippen molar-refractivity contribution in [3.8, 4) is 11.5 Å². The number of aromatic nitrogens is 3. The van der Waals surface area contributed by atoms with Crippen LogP contribution in [0.25, 0.3) is 11.5 Å². The van der Waals surface area contributed by atoms with Gasteiger partial charge in [-0.1, -0.05) is 5.10 Å². The highest BCUT2D eigenvalue weighted by atomic mass is 16.6. The molecule has 0 bridgehead atoms. The molecule has 0 atom stereocenters. The Morgan fingerprint density at radius 3 is 2.50 bits per heavy atom. The van der Waals surface area contributed by atoms with Gasteiger partial charge in [0.1, 0.15) is 0 Å². The molecule has 1 aromatic carbocycles. The van der Waals surface area contributed by atoms with Gasteiger partial charge in [-0.15, -0.1) is 5.10 Å². The first-order valence-electron chi connectivity index (χ1n) is 6.25. The Balaban J connectivity index is 1.76. The van der Waals surface area contributed by atoms with Gasteiger partial charge in [-0.2, -0.15) is 0 Å². The topological polar surface area (TPSA) is 107 Å². The van der Waals surface area contributed by atoms with Crippen LogP contribution in [0.15, 0.2) is 58.2 Å². The third kappa shape index (κ3) is 3.01. The number of benzene rings is 1. The average Bonchev–Trinajstić information content (AvgIpc) is 3.03. The van der Waals surface area contributed by atoms with Crippen LogP contribution in [0.1, 0.15) is 5.56 Å². The molecular formula is C14H9N5O3. The van der Waals surface area contributed by atoms with Crippen molar-refractivity contribution in [1.82, 2.24) is 15.2 Å². The minimum Gasteiger partial charge on any atom is -0.402 e. The van der Waals surface area contributed by atoms with Crippen LogP contribution in [0.5, 0.6) is 0 Å². The average molecular weight is 295 g/mol. The van der Waals surface area contributed by atoms with E-state index in [0.717, 1.165) is 5.56 Å². The van der Waals surface area contributed by atoms with Gasteiger partial charge in [0.05, 0.1) is 4.92 Å². The fourth-order valence-corrected chi connectivity index (χ4v) is 1.69. The molecule has 8 nitrogen and oxygen atoms in total. The number of nitro groups is 1. The quantitative estimate of drug-likeness (QED) is 0.416. The number of rotatable bonds is 4. The van der Waals surface area contributed by atoms with Crippen molar-refractivity contribution < 1.29 is 9.34 Å². The summed E-state index contributed by atoms with van der Waals surface area (Å²) >= 11 is 0. The summed E-state index contributed by atoms with van der Waals surface area (Å²) in [5.41, 5.74) is 1.46. The zero-order valence-corrected chi connectivity index (χ0v) is 11.2. The van der Waals surface area contributed by atoms with Crippen molar-refractivity contribution in [2.24, 2.45) is 4.99 Å². The summed E-state index contributed by atoms with van der Waals surface area (Å²) in [4.78, 5) is 18.1. The van der Waals surface area contributed by atoms with E-state index in [1.54, 1.807) is 36.7 Å². The van der Waals surface area contributed by atoms with Gasteiger partial charge in [0.15, 0.2) is 0 Å². The molecule has 0 saturated carbocycles. The van der Waals surface area contributed by atoms with E-state index in [9.17, 15) is 10.1 Å². The van der Waals surface area contributed by atoms with Gasteiger partial charge in [-0.05, 0) is 29.8 Å². The summed E-state index contributed by atoms with van der Waals surface area (Å²) in [5.74, 6) is 0.346. The Labute approximate surface area is 124 Å². The first kappa shape index (κ1) is 13.6. The second kappa shape index (κ2) is 5.92. The molecule has 2 aromatic heterocycles.